The zero-order valence-electron chi connectivity index (χ0n) is 14.9. The van der Waals surface area contributed by atoms with Crippen molar-refractivity contribution in [3.63, 3.8) is 0 Å². The Balaban J connectivity index is 1.67. The molecule has 26 heavy (non-hydrogen) atoms. The van der Waals surface area contributed by atoms with Crippen LogP contribution in [0, 0.1) is 0 Å². The molecule has 0 heterocycles. The first-order chi connectivity index (χ1) is 12.2. The number of methoxy groups -OCH3 is 1. The fourth-order valence-electron chi connectivity index (χ4n) is 2.70. The van der Waals surface area contributed by atoms with Gasteiger partial charge in [0.25, 0.3) is 5.91 Å². The van der Waals surface area contributed by atoms with Crippen LogP contribution in [-0.4, -0.2) is 23.0 Å². The van der Waals surface area contributed by atoms with Gasteiger partial charge in [0.2, 0.25) is 0 Å². The fourth-order valence-corrected chi connectivity index (χ4v) is 3.27. The van der Waals surface area contributed by atoms with Gasteiger partial charge in [-0.3, -0.25) is 4.79 Å². The van der Waals surface area contributed by atoms with E-state index in [0.29, 0.717) is 17.2 Å². The smallest absolute Gasteiger partial charge is 0.268 e. The molecule has 0 aromatic heterocycles. The number of benzene rings is 2. The lowest BCUT2D eigenvalue weighted by atomic mass is 10.1. The van der Waals surface area contributed by atoms with Crippen molar-refractivity contribution in [2.75, 3.05) is 12.4 Å². The molecule has 1 atom stereocenters. The van der Waals surface area contributed by atoms with Gasteiger partial charge >= 0.3 is 0 Å². The molecule has 1 aliphatic rings. The third-order valence-corrected chi connectivity index (χ3v) is 5.22. The molecular weight excluding hydrogens is 373 g/mol. The summed E-state index contributed by atoms with van der Waals surface area (Å²) in [6.45, 7) is 3.43. The highest BCUT2D eigenvalue weighted by atomic mass is 35.5. The first-order valence-corrected chi connectivity index (χ1v) is 9.10. The van der Waals surface area contributed by atoms with Crippen LogP contribution in [0.25, 0.3) is 0 Å². The molecule has 1 N–H and O–H groups in total. The summed E-state index contributed by atoms with van der Waals surface area (Å²) < 4.78 is 10.5. The summed E-state index contributed by atoms with van der Waals surface area (Å²) in [5.41, 5.74) is 0.602. The van der Waals surface area contributed by atoms with Crippen LogP contribution in [-0.2, 0) is 4.79 Å². The molecule has 1 fully saturated rings. The predicted molar refractivity (Wildman–Crippen MR) is 105 cm³/mol. The van der Waals surface area contributed by atoms with E-state index in [9.17, 15) is 4.79 Å². The average molecular weight is 394 g/mol. The summed E-state index contributed by atoms with van der Waals surface area (Å²) in [7, 11) is 1.56. The number of halogens is 2. The highest BCUT2D eigenvalue weighted by molar-refractivity contribution is 6.51. The maximum absolute atomic E-state index is 12.7. The van der Waals surface area contributed by atoms with E-state index in [-0.39, 0.29) is 11.8 Å². The van der Waals surface area contributed by atoms with Gasteiger partial charge < -0.3 is 14.8 Å². The van der Waals surface area contributed by atoms with Gasteiger partial charge in [0.1, 0.15) is 15.8 Å². The summed E-state index contributed by atoms with van der Waals surface area (Å²) >= 11 is 12.2. The highest BCUT2D eigenvalue weighted by Gasteiger charge is 2.52. The second kappa shape index (κ2) is 7.01. The van der Waals surface area contributed by atoms with E-state index in [1.54, 1.807) is 33.1 Å². The van der Waals surface area contributed by atoms with Crippen LogP contribution >= 0.6 is 23.2 Å². The molecule has 138 valence electrons. The fraction of sp³-hybridized carbons (Fsp3) is 0.350. The lowest BCUT2D eigenvalue weighted by Crippen LogP contribution is -2.42. The predicted octanol–water partition coefficient (Wildman–Crippen LogP) is 5.15. The molecule has 2 aromatic carbocycles. The van der Waals surface area contributed by atoms with Crippen LogP contribution in [0.3, 0.4) is 0 Å². The largest absolute Gasteiger partial charge is 0.495 e. The lowest BCUT2D eigenvalue weighted by molar-refractivity contribution is -0.128. The van der Waals surface area contributed by atoms with Crippen LogP contribution in [0.5, 0.6) is 11.5 Å². The monoisotopic (exact) mass is 393 g/mol. The van der Waals surface area contributed by atoms with E-state index in [4.69, 9.17) is 32.7 Å². The average Bonchev–Trinajstić information content (AvgIpc) is 3.24. The van der Waals surface area contributed by atoms with Crippen molar-refractivity contribution in [3.05, 3.63) is 54.1 Å². The zero-order valence-corrected chi connectivity index (χ0v) is 16.4. The third kappa shape index (κ3) is 4.08. The van der Waals surface area contributed by atoms with Crippen LogP contribution in [0.2, 0.25) is 0 Å². The maximum Gasteiger partial charge on any atom is 0.268 e. The normalized spacial score (nSPS) is 18.1. The molecule has 1 saturated carbocycles. The number of anilines is 1. The molecule has 3 rings (SSSR count). The number of carbonyl (C=O) groups excluding carboxylic acids is 1. The Morgan fingerprint density at radius 1 is 1.15 bits per heavy atom. The standard InChI is InChI=1S/C20H21Cl2NO3/c1-19(2,18(24)23-16-6-4-5-7-17(16)25-3)26-14-10-8-13(9-11-14)15-12-20(15,21)22/h4-11,15H,12H2,1-3H3,(H,23,24)/t15-/m1/s1. The van der Waals surface area contributed by atoms with Crippen molar-refractivity contribution >= 4 is 34.8 Å². The second-order valence-electron chi connectivity index (χ2n) is 6.85. The van der Waals surface area contributed by atoms with Crippen molar-refractivity contribution in [2.24, 2.45) is 0 Å². The Morgan fingerprint density at radius 3 is 2.35 bits per heavy atom. The van der Waals surface area contributed by atoms with Crippen molar-refractivity contribution in [3.8, 4) is 11.5 Å². The number of amides is 1. The molecule has 0 aliphatic heterocycles. The van der Waals surface area contributed by atoms with Crippen LogP contribution in [0.15, 0.2) is 48.5 Å². The summed E-state index contributed by atoms with van der Waals surface area (Å²) in [6.07, 6.45) is 0.753. The minimum Gasteiger partial charge on any atom is -0.495 e. The van der Waals surface area contributed by atoms with Gasteiger partial charge in [-0.1, -0.05) is 24.3 Å². The maximum atomic E-state index is 12.7. The summed E-state index contributed by atoms with van der Waals surface area (Å²) in [5.74, 6) is 1.08. The number of hydrogen-bond donors (Lipinski definition) is 1. The van der Waals surface area contributed by atoms with Crippen LogP contribution in [0.4, 0.5) is 5.69 Å². The van der Waals surface area contributed by atoms with Gasteiger partial charge in [0.15, 0.2) is 5.60 Å². The molecule has 0 unspecified atom stereocenters. The summed E-state index contributed by atoms with van der Waals surface area (Å²) in [4.78, 5) is 12.7. The van der Waals surface area contributed by atoms with Gasteiger partial charge in [0, 0.05) is 5.92 Å². The van der Waals surface area contributed by atoms with E-state index in [2.05, 4.69) is 5.32 Å². The highest BCUT2D eigenvalue weighted by Crippen LogP contribution is 2.59. The lowest BCUT2D eigenvalue weighted by Gasteiger charge is -2.26. The minimum atomic E-state index is -1.06. The first-order valence-electron chi connectivity index (χ1n) is 8.34. The number of ether oxygens (including phenoxy) is 2. The second-order valence-corrected chi connectivity index (χ2v) is 8.40. The Kier molecular flexibility index (Phi) is 5.09. The van der Waals surface area contributed by atoms with Crippen LogP contribution < -0.4 is 14.8 Å². The van der Waals surface area contributed by atoms with Crippen molar-refractivity contribution in [2.45, 2.75) is 36.1 Å². The first kappa shape index (κ1) is 18.9. The van der Waals surface area contributed by atoms with Gasteiger partial charge in [-0.2, -0.15) is 0 Å². The van der Waals surface area contributed by atoms with E-state index in [1.807, 2.05) is 36.4 Å². The number of rotatable bonds is 6. The molecule has 2 aromatic rings. The number of nitrogens with one attached hydrogen (secondary N) is 1. The van der Waals surface area contributed by atoms with E-state index < -0.39 is 9.93 Å². The van der Waals surface area contributed by atoms with Crippen LogP contribution in [0.1, 0.15) is 31.7 Å². The summed E-state index contributed by atoms with van der Waals surface area (Å²) in [5, 5.41) is 2.85. The molecule has 4 nitrogen and oxygen atoms in total. The third-order valence-electron chi connectivity index (χ3n) is 4.38. The van der Waals surface area contributed by atoms with Gasteiger partial charge in [-0.05, 0) is 50.1 Å². The topological polar surface area (TPSA) is 47.6 Å². The number of alkyl halides is 2. The van der Waals surface area contributed by atoms with Gasteiger partial charge in [-0.25, -0.2) is 0 Å². The minimum absolute atomic E-state index is 0.154. The van der Waals surface area contributed by atoms with E-state index in [1.165, 1.54) is 0 Å². The molecular formula is C20H21Cl2NO3. The van der Waals surface area contributed by atoms with Crippen molar-refractivity contribution in [1.82, 2.24) is 0 Å². The molecule has 0 saturated heterocycles. The van der Waals surface area contributed by atoms with Gasteiger partial charge in [-0.15, -0.1) is 23.2 Å². The quantitative estimate of drug-likeness (QED) is 0.689. The molecule has 0 spiro atoms. The van der Waals surface area contributed by atoms with Crippen molar-refractivity contribution in [1.29, 1.82) is 0 Å². The molecule has 6 heteroatoms. The zero-order chi connectivity index (χ0) is 18.9. The molecule has 0 radical (unpaired) electrons. The van der Waals surface area contributed by atoms with E-state index in [0.717, 1.165) is 12.0 Å². The Morgan fingerprint density at radius 2 is 1.77 bits per heavy atom. The Labute approximate surface area is 163 Å². The number of hydrogen-bond acceptors (Lipinski definition) is 3. The van der Waals surface area contributed by atoms with Crippen molar-refractivity contribution < 1.29 is 14.3 Å². The Hall–Kier alpha value is -1.91. The van der Waals surface area contributed by atoms with E-state index >= 15 is 0 Å². The Bertz CT molecular complexity index is 803. The SMILES string of the molecule is COc1ccccc1NC(=O)C(C)(C)Oc1ccc([C@H]2CC2(Cl)Cl)cc1. The van der Waals surface area contributed by atoms with Gasteiger partial charge in [0.05, 0.1) is 12.8 Å². The molecule has 1 aliphatic carbocycles. The summed E-state index contributed by atoms with van der Waals surface area (Å²) in [6, 6.07) is 14.8. The number of para-hydroxylation sites is 2. The number of carbonyl (C=O) groups is 1. The molecule has 0 bridgehead atoms. The molecule has 1 amide bonds.